The molecule has 3 nitrogen and oxygen atoms in total. The van der Waals surface area contributed by atoms with Crippen molar-refractivity contribution in [3.63, 3.8) is 0 Å². The molecule has 0 aromatic heterocycles. The van der Waals surface area contributed by atoms with Crippen molar-refractivity contribution in [3.8, 4) is 122 Å². The minimum absolute atomic E-state index is 0.887. The van der Waals surface area contributed by atoms with Crippen molar-refractivity contribution in [3.05, 3.63) is 298 Å². The first-order valence-corrected chi connectivity index (χ1v) is 32.1. The van der Waals surface area contributed by atoms with E-state index in [1.165, 1.54) is 178 Å². The summed E-state index contributed by atoms with van der Waals surface area (Å²) in [6.07, 6.45) is -2.53. The minimum Gasteiger partial charge on any atom is -0.281 e. The summed E-state index contributed by atoms with van der Waals surface area (Å²) in [4.78, 5) is 0. The van der Waals surface area contributed by atoms with Crippen LogP contribution in [0.4, 0.5) is 39.5 Å². The Morgan fingerprint density at radius 2 is 0.511 bits per heavy atom. The standard InChI is InChI=1S/C77H50.C4HF9O3S/c1-6-20-53-46(15-1)39-70-59(53)25-11-29-63(70)68-35-33-51(43-74(68)65-31-13-27-61-55-22-8-3-17-48(55)41-72(61)65)58-37-38-67-57-24-10-5-19-50(57)44-76(67)77(58)52-34-36-69(64-30-12-26-60-54-21-7-2-16-47(54)40-71(60)64)75(45-52)66-32-14-28-62-56-23-9-4-18-49(56)42-73(62)66;5-1(6,3(9,10)11)2(7,8)4(12,13)17(14,15)16/h1-38,43,45H,39-42,44H2;(H,14,15,16). The Morgan fingerprint density at radius 3 is 0.851 bits per heavy atom. The Bertz CT molecular complexity index is 5320. The molecule has 0 heterocycles. The zero-order chi connectivity index (χ0) is 64.8. The van der Waals surface area contributed by atoms with Crippen molar-refractivity contribution in [1.82, 2.24) is 0 Å². The van der Waals surface area contributed by atoms with Crippen LogP contribution in [0.2, 0.25) is 0 Å². The highest BCUT2D eigenvalue weighted by atomic mass is 32.2. The predicted molar refractivity (Wildman–Crippen MR) is 353 cm³/mol. The molecule has 0 aliphatic heterocycles. The van der Waals surface area contributed by atoms with Gasteiger partial charge in [-0.3, -0.25) is 4.55 Å². The van der Waals surface area contributed by atoms with Gasteiger partial charge in [-0.15, -0.1) is 0 Å². The molecule has 0 spiro atoms. The van der Waals surface area contributed by atoms with Gasteiger partial charge in [0, 0.05) is 0 Å². The van der Waals surface area contributed by atoms with E-state index in [-0.39, 0.29) is 0 Å². The van der Waals surface area contributed by atoms with E-state index in [2.05, 4.69) is 243 Å². The number of halogens is 9. The molecule has 0 saturated heterocycles. The average Bonchev–Trinajstić information content (AvgIpc) is 0.869. The molecule has 94 heavy (non-hydrogen) atoms. The normalized spacial score (nSPS) is 13.7. The number of benzene rings is 12. The van der Waals surface area contributed by atoms with Crippen LogP contribution in [-0.2, 0) is 42.2 Å². The Balaban J connectivity index is 0.000000364. The monoisotopic (exact) mass is 1270 g/mol. The summed E-state index contributed by atoms with van der Waals surface area (Å²) in [6.45, 7) is 0. The Hall–Kier alpha value is -10.1. The molecule has 5 aliphatic rings. The first-order chi connectivity index (χ1) is 45.2. The van der Waals surface area contributed by atoms with Crippen LogP contribution < -0.4 is 0 Å². The van der Waals surface area contributed by atoms with E-state index in [1.54, 1.807) is 0 Å². The molecule has 0 unspecified atom stereocenters. The van der Waals surface area contributed by atoms with Crippen molar-refractivity contribution >= 4 is 10.1 Å². The Morgan fingerprint density at radius 1 is 0.255 bits per heavy atom. The van der Waals surface area contributed by atoms with Gasteiger partial charge in [0.1, 0.15) is 0 Å². The maximum Gasteiger partial charge on any atom is 0.460 e. The second kappa shape index (κ2) is 21.5. The first-order valence-electron chi connectivity index (χ1n) is 30.7. The summed E-state index contributed by atoms with van der Waals surface area (Å²) >= 11 is 0. The van der Waals surface area contributed by atoms with Gasteiger partial charge >= 0.3 is 33.4 Å². The van der Waals surface area contributed by atoms with Gasteiger partial charge in [0.25, 0.3) is 0 Å². The van der Waals surface area contributed by atoms with Gasteiger partial charge in [-0.2, -0.15) is 47.9 Å². The van der Waals surface area contributed by atoms with E-state index in [0.29, 0.717) is 0 Å². The SMILES string of the molecule is O=S(=O)(O)C(F)(F)C(F)(F)C(F)(F)C(F)(F)F.c1ccc2c(c1)Cc1c-2cccc1-c1ccc(-c2ccc3c(c2-c2ccc(-c4cccc5c4Cc4ccccc4-5)c(-c4cccc5c4Cc4ccccc4-5)c2)Cc2ccccc2-3)cc1-c1cccc2c1Cc1ccccc1-2. The highest BCUT2D eigenvalue weighted by molar-refractivity contribution is 7.87. The summed E-state index contributed by atoms with van der Waals surface area (Å²) in [7, 11) is -7.17. The number of fused-ring (bicyclic) bond motifs is 15. The van der Waals surface area contributed by atoms with E-state index in [9.17, 15) is 47.9 Å². The maximum atomic E-state index is 12.2. The molecular weight excluding hydrogens is 1220 g/mol. The van der Waals surface area contributed by atoms with Crippen molar-refractivity contribution in [2.24, 2.45) is 0 Å². The number of alkyl halides is 9. The fourth-order valence-corrected chi connectivity index (χ4v) is 15.7. The topological polar surface area (TPSA) is 54.4 Å². The van der Waals surface area contributed by atoms with E-state index in [4.69, 9.17) is 4.55 Å². The zero-order valence-electron chi connectivity index (χ0n) is 49.7. The maximum absolute atomic E-state index is 12.2. The molecule has 0 saturated carbocycles. The van der Waals surface area contributed by atoms with E-state index < -0.39 is 33.4 Å². The fourth-order valence-electron chi connectivity index (χ4n) is 15.3. The van der Waals surface area contributed by atoms with Crippen LogP contribution in [0.5, 0.6) is 0 Å². The third-order valence-corrected chi connectivity index (χ3v) is 20.5. The molecule has 1 N–H and O–H groups in total. The third kappa shape index (κ3) is 9.02. The zero-order valence-corrected chi connectivity index (χ0v) is 50.5. The van der Waals surface area contributed by atoms with Crippen LogP contribution in [-0.4, -0.2) is 36.2 Å². The third-order valence-electron chi connectivity index (χ3n) is 19.6. The first kappa shape index (κ1) is 59.0. The van der Waals surface area contributed by atoms with Gasteiger partial charge in [-0.25, -0.2) is 0 Å². The lowest BCUT2D eigenvalue weighted by Gasteiger charge is -2.31. The number of hydrogen-bond donors (Lipinski definition) is 1. The molecule has 0 radical (unpaired) electrons. The average molecular weight is 1280 g/mol. The van der Waals surface area contributed by atoms with E-state index >= 15 is 0 Å². The van der Waals surface area contributed by atoms with E-state index in [1.807, 2.05) is 0 Å². The molecule has 0 bridgehead atoms. The van der Waals surface area contributed by atoms with Gasteiger partial charge in [0.2, 0.25) is 0 Å². The predicted octanol–water partition coefficient (Wildman–Crippen LogP) is 21.8. The van der Waals surface area contributed by atoms with Gasteiger partial charge < -0.3 is 0 Å². The van der Waals surface area contributed by atoms with Crippen LogP contribution in [0, 0.1) is 0 Å². The molecular formula is C81H51F9O3S. The van der Waals surface area contributed by atoms with Crippen LogP contribution in [0.3, 0.4) is 0 Å². The molecule has 5 aliphatic carbocycles. The largest absolute Gasteiger partial charge is 0.460 e. The summed E-state index contributed by atoms with van der Waals surface area (Å²) in [6, 6.07) is 93.0. The van der Waals surface area contributed by atoms with Gasteiger partial charge in [0.15, 0.2) is 0 Å². The molecule has 0 fully saturated rings. The van der Waals surface area contributed by atoms with Crippen LogP contribution >= 0.6 is 0 Å². The Labute approximate surface area is 535 Å². The molecule has 12 aromatic carbocycles. The molecule has 12 aromatic rings. The van der Waals surface area contributed by atoms with Gasteiger partial charge in [-0.1, -0.05) is 231 Å². The highest BCUT2D eigenvalue weighted by Crippen LogP contribution is 2.56. The summed E-state index contributed by atoms with van der Waals surface area (Å²) in [5.74, 6) is -14.7. The van der Waals surface area contributed by atoms with Crippen LogP contribution in [0.1, 0.15) is 55.6 Å². The molecule has 13 heteroatoms. The summed E-state index contributed by atoms with van der Waals surface area (Å²) in [5.41, 5.74) is 43.2. The number of hydrogen-bond acceptors (Lipinski definition) is 2. The quantitative estimate of drug-likeness (QED) is 0.116. The lowest BCUT2D eigenvalue weighted by atomic mass is 9.81. The van der Waals surface area contributed by atoms with E-state index in [0.717, 1.165) is 32.1 Å². The fraction of sp³-hybridized carbons (Fsp3) is 0.111. The van der Waals surface area contributed by atoms with Crippen LogP contribution in [0.15, 0.2) is 243 Å². The molecule has 0 amide bonds. The van der Waals surface area contributed by atoms with Crippen molar-refractivity contribution in [2.75, 3.05) is 0 Å². The summed E-state index contributed by atoms with van der Waals surface area (Å²) < 4.78 is 134. The highest BCUT2D eigenvalue weighted by Gasteiger charge is 2.85. The second-order valence-corrected chi connectivity index (χ2v) is 26.1. The lowest BCUT2D eigenvalue weighted by Crippen LogP contribution is -2.63. The summed E-state index contributed by atoms with van der Waals surface area (Å²) in [5, 5.41) is -7.00. The van der Waals surface area contributed by atoms with Gasteiger partial charge in [0.05, 0.1) is 0 Å². The van der Waals surface area contributed by atoms with Crippen molar-refractivity contribution in [2.45, 2.75) is 55.4 Å². The molecule has 0 atom stereocenters. The molecule has 462 valence electrons. The lowest BCUT2D eigenvalue weighted by molar-refractivity contribution is -0.382. The Kier molecular flexibility index (Phi) is 13.5. The minimum atomic E-state index is -7.37. The smallest absolute Gasteiger partial charge is 0.281 e. The van der Waals surface area contributed by atoms with Crippen molar-refractivity contribution < 1.29 is 52.5 Å². The molecule has 17 rings (SSSR count). The van der Waals surface area contributed by atoms with Crippen LogP contribution in [0.25, 0.3) is 122 Å². The van der Waals surface area contributed by atoms with Gasteiger partial charge in [-0.05, 0) is 222 Å². The number of rotatable bonds is 9. The van der Waals surface area contributed by atoms with Crippen molar-refractivity contribution in [1.29, 1.82) is 0 Å². The second-order valence-electron chi connectivity index (χ2n) is 24.7.